The van der Waals surface area contributed by atoms with E-state index in [1.165, 1.54) is 0 Å². The van der Waals surface area contributed by atoms with E-state index in [1.807, 2.05) is 31.2 Å². The molecular formula is C14H18N2O. The molecule has 0 bridgehead atoms. The summed E-state index contributed by atoms with van der Waals surface area (Å²) in [6.07, 6.45) is 4.93. The minimum absolute atomic E-state index is 0.167. The average molecular weight is 230 g/mol. The smallest absolute Gasteiger partial charge is 0.0991 e. The predicted molar refractivity (Wildman–Crippen MR) is 69.4 cm³/mol. The van der Waals surface area contributed by atoms with E-state index in [9.17, 15) is 0 Å². The number of aliphatic hydroxyl groups is 1. The molecule has 17 heavy (non-hydrogen) atoms. The van der Waals surface area contributed by atoms with E-state index in [1.54, 1.807) is 12.1 Å². The summed E-state index contributed by atoms with van der Waals surface area (Å²) in [6, 6.07) is 9.69. The van der Waals surface area contributed by atoms with Gasteiger partial charge in [0, 0.05) is 12.6 Å². The first-order valence-electron chi connectivity index (χ1n) is 5.81. The van der Waals surface area contributed by atoms with Gasteiger partial charge in [0.25, 0.3) is 0 Å². The van der Waals surface area contributed by atoms with Crippen molar-refractivity contribution in [3.8, 4) is 6.07 Å². The van der Waals surface area contributed by atoms with Crippen LogP contribution in [-0.4, -0.2) is 24.3 Å². The van der Waals surface area contributed by atoms with Gasteiger partial charge in [-0.25, -0.2) is 0 Å². The number of aliphatic hydroxyl groups excluding tert-OH is 1. The second-order valence-corrected chi connectivity index (χ2v) is 3.83. The largest absolute Gasteiger partial charge is 0.395 e. The normalized spacial score (nSPS) is 12.5. The van der Waals surface area contributed by atoms with E-state index >= 15 is 0 Å². The van der Waals surface area contributed by atoms with Crippen molar-refractivity contribution < 1.29 is 5.11 Å². The monoisotopic (exact) mass is 230 g/mol. The van der Waals surface area contributed by atoms with Crippen LogP contribution in [0.5, 0.6) is 0 Å². The Bertz CT molecular complexity index is 386. The van der Waals surface area contributed by atoms with Gasteiger partial charge in [-0.3, -0.25) is 0 Å². The summed E-state index contributed by atoms with van der Waals surface area (Å²) in [5.41, 5.74) is 1.74. The van der Waals surface area contributed by atoms with E-state index in [-0.39, 0.29) is 12.6 Å². The van der Waals surface area contributed by atoms with Crippen molar-refractivity contribution in [3.63, 3.8) is 0 Å². The van der Waals surface area contributed by atoms with Gasteiger partial charge in [-0.05, 0) is 24.1 Å². The van der Waals surface area contributed by atoms with Gasteiger partial charge in [0.05, 0.1) is 18.2 Å². The van der Waals surface area contributed by atoms with Gasteiger partial charge >= 0.3 is 0 Å². The molecule has 1 unspecified atom stereocenters. The molecule has 0 fully saturated rings. The van der Waals surface area contributed by atoms with E-state index in [0.29, 0.717) is 5.56 Å². The van der Waals surface area contributed by atoms with Crippen LogP contribution in [0.1, 0.15) is 24.5 Å². The van der Waals surface area contributed by atoms with Gasteiger partial charge in [-0.2, -0.15) is 5.26 Å². The number of nitrogens with one attached hydrogen (secondary N) is 1. The number of rotatable bonds is 6. The van der Waals surface area contributed by atoms with E-state index in [0.717, 1.165) is 18.5 Å². The number of benzene rings is 1. The maximum atomic E-state index is 8.98. The van der Waals surface area contributed by atoms with Gasteiger partial charge in [0.1, 0.15) is 0 Å². The van der Waals surface area contributed by atoms with Gasteiger partial charge in [0.15, 0.2) is 0 Å². The van der Waals surface area contributed by atoms with E-state index in [4.69, 9.17) is 10.4 Å². The summed E-state index contributed by atoms with van der Waals surface area (Å²) in [5.74, 6) is 0. The molecule has 0 radical (unpaired) electrons. The second-order valence-electron chi connectivity index (χ2n) is 3.83. The Hall–Kier alpha value is -1.63. The van der Waals surface area contributed by atoms with Gasteiger partial charge < -0.3 is 10.4 Å². The molecule has 1 aromatic carbocycles. The molecule has 0 heterocycles. The SMILES string of the molecule is CCC(CO)NC/C=C/c1ccc(C#N)cc1. The molecule has 0 aliphatic carbocycles. The van der Waals surface area contributed by atoms with Crippen LogP contribution in [0, 0.1) is 11.3 Å². The molecule has 0 saturated carbocycles. The van der Waals surface area contributed by atoms with Crippen LogP contribution >= 0.6 is 0 Å². The zero-order valence-electron chi connectivity index (χ0n) is 10.1. The fraction of sp³-hybridized carbons (Fsp3) is 0.357. The molecular weight excluding hydrogens is 212 g/mol. The van der Waals surface area contributed by atoms with Gasteiger partial charge in [0.2, 0.25) is 0 Å². The quantitative estimate of drug-likeness (QED) is 0.785. The van der Waals surface area contributed by atoms with Gasteiger partial charge in [-0.15, -0.1) is 0 Å². The lowest BCUT2D eigenvalue weighted by molar-refractivity contribution is 0.242. The lowest BCUT2D eigenvalue weighted by atomic mass is 10.1. The lowest BCUT2D eigenvalue weighted by Crippen LogP contribution is -2.31. The molecule has 1 rings (SSSR count). The zero-order valence-corrected chi connectivity index (χ0v) is 10.1. The summed E-state index contributed by atoms with van der Waals surface area (Å²) in [4.78, 5) is 0. The van der Waals surface area contributed by atoms with Crippen molar-refractivity contribution in [1.82, 2.24) is 5.32 Å². The number of hydrogen-bond acceptors (Lipinski definition) is 3. The summed E-state index contributed by atoms with van der Waals surface area (Å²) in [5, 5.41) is 20.9. The van der Waals surface area contributed by atoms with Crippen LogP contribution in [0.25, 0.3) is 6.08 Å². The van der Waals surface area contributed by atoms with E-state index < -0.39 is 0 Å². The highest BCUT2D eigenvalue weighted by atomic mass is 16.3. The molecule has 0 amide bonds. The molecule has 2 N–H and O–H groups in total. The molecule has 90 valence electrons. The molecule has 0 spiro atoms. The number of hydrogen-bond donors (Lipinski definition) is 2. The fourth-order valence-electron chi connectivity index (χ4n) is 1.44. The highest BCUT2D eigenvalue weighted by Gasteiger charge is 1.99. The molecule has 0 aliphatic rings. The highest BCUT2D eigenvalue weighted by molar-refractivity contribution is 5.51. The van der Waals surface area contributed by atoms with Crippen molar-refractivity contribution in [2.45, 2.75) is 19.4 Å². The van der Waals surface area contributed by atoms with Crippen molar-refractivity contribution in [3.05, 3.63) is 41.5 Å². The first kappa shape index (κ1) is 13.4. The molecule has 0 aromatic heterocycles. The highest BCUT2D eigenvalue weighted by Crippen LogP contribution is 2.04. The Morgan fingerprint density at radius 3 is 2.65 bits per heavy atom. The fourth-order valence-corrected chi connectivity index (χ4v) is 1.44. The predicted octanol–water partition coefficient (Wildman–Crippen LogP) is 1.93. The average Bonchev–Trinajstić information content (AvgIpc) is 2.40. The van der Waals surface area contributed by atoms with Gasteiger partial charge in [-0.1, -0.05) is 31.2 Å². The standard InChI is InChI=1S/C14H18N2O/c1-2-14(11-17)16-9-3-4-12-5-7-13(10-15)8-6-12/h3-8,14,16-17H,2,9,11H2,1H3/b4-3+. The molecule has 3 heteroatoms. The van der Waals surface area contributed by atoms with Crippen LogP contribution in [0.15, 0.2) is 30.3 Å². The molecule has 1 aromatic rings. The molecule has 0 aliphatic heterocycles. The first-order valence-corrected chi connectivity index (χ1v) is 5.81. The third-order valence-electron chi connectivity index (χ3n) is 2.59. The van der Waals surface area contributed by atoms with Crippen LogP contribution in [0.4, 0.5) is 0 Å². The van der Waals surface area contributed by atoms with Crippen molar-refractivity contribution >= 4 is 6.08 Å². The molecule has 0 saturated heterocycles. The van der Waals surface area contributed by atoms with Crippen LogP contribution in [0.2, 0.25) is 0 Å². The molecule has 1 atom stereocenters. The van der Waals surface area contributed by atoms with Crippen LogP contribution in [-0.2, 0) is 0 Å². The Balaban J connectivity index is 2.40. The molecule has 3 nitrogen and oxygen atoms in total. The minimum atomic E-state index is 0.167. The van der Waals surface area contributed by atoms with Crippen LogP contribution < -0.4 is 5.32 Å². The summed E-state index contributed by atoms with van der Waals surface area (Å²) >= 11 is 0. The summed E-state index contributed by atoms with van der Waals surface area (Å²) < 4.78 is 0. The Labute approximate surface area is 102 Å². The van der Waals surface area contributed by atoms with Crippen molar-refractivity contribution in [1.29, 1.82) is 5.26 Å². The van der Waals surface area contributed by atoms with Crippen molar-refractivity contribution in [2.75, 3.05) is 13.2 Å². The summed E-state index contributed by atoms with van der Waals surface area (Å²) in [6.45, 7) is 2.94. The van der Waals surface area contributed by atoms with E-state index in [2.05, 4.69) is 11.4 Å². The lowest BCUT2D eigenvalue weighted by Gasteiger charge is -2.11. The minimum Gasteiger partial charge on any atom is -0.395 e. The van der Waals surface area contributed by atoms with Crippen LogP contribution in [0.3, 0.4) is 0 Å². The maximum absolute atomic E-state index is 8.98. The Morgan fingerprint density at radius 1 is 1.41 bits per heavy atom. The Kier molecular flexibility index (Phi) is 6.02. The topological polar surface area (TPSA) is 56.0 Å². The third-order valence-corrected chi connectivity index (χ3v) is 2.59. The summed E-state index contributed by atoms with van der Waals surface area (Å²) in [7, 11) is 0. The maximum Gasteiger partial charge on any atom is 0.0991 e. The first-order chi connectivity index (χ1) is 8.30. The van der Waals surface area contributed by atoms with Crippen molar-refractivity contribution in [2.24, 2.45) is 0 Å². The Morgan fingerprint density at radius 2 is 2.12 bits per heavy atom. The zero-order chi connectivity index (χ0) is 12.5. The number of nitrogens with zero attached hydrogens (tertiary/aromatic N) is 1. The second kappa shape index (κ2) is 7.61. The number of nitriles is 1. The third kappa shape index (κ3) is 4.81.